The van der Waals surface area contributed by atoms with E-state index < -0.39 is 0 Å². The maximum Gasteiger partial charge on any atom is 0.293 e. The molecule has 1 aromatic rings. The van der Waals surface area contributed by atoms with Gasteiger partial charge in [0.2, 0.25) is 0 Å². The zero-order chi connectivity index (χ0) is 14.5. The van der Waals surface area contributed by atoms with Gasteiger partial charge in [-0.1, -0.05) is 22.4 Å². The number of hydrogen-bond acceptors (Lipinski definition) is 4. The Hall–Kier alpha value is -1.14. The second-order valence-electron chi connectivity index (χ2n) is 5.33. The molecule has 0 aromatic heterocycles. The van der Waals surface area contributed by atoms with E-state index in [0.29, 0.717) is 5.69 Å². The van der Waals surface area contributed by atoms with Crippen molar-refractivity contribution in [1.29, 1.82) is 0 Å². The van der Waals surface area contributed by atoms with Crippen molar-refractivity contribution in [2.45, 2.75) is 32.2 Å². The molecule has 110 valence electrons. The van der Waals surface area contributed by atoms with Crippen molar-refractivity contribution < 1.29 is 4.92 Å². The normalized spacial score (nSPS) is 17.7. The number of rotatable bonds is 5. The van der Waals surface area contributed by atoms with Gasteiger partial charge >= 0.3 is 0 Å². The summed E-state index contributed by atoms with van der Waals surface area (Å²) in [6.45, 7) is 5.26. The summed E-state index contributed by atoms with van der Waals surface area (Å²) in [5.74, 6) is 0. The van der Waals surface area contributed by atoms with Gasteiger partial charge in [-0.2, -0.15) is 0 Å². The first-order chi connectivity index (χ1) is 9.56. The topological polar surface area (TPSA) is 58.4 Å². The van der Waals surface area contributed by atoms with Gasteiger partial charge in [0, 0.05) is 23.1 Å². The Morgan fingerprint density at radius 3 is 2.75 bits per heavy atom. The zero-order valence-corrected chi connectivity index (χ0v) is 13.2. The second kappa shape index (κ2) is 7.04. The molecule has 0 saturated carbocycles. The van der Waals surface area contributed by atoms with Crippen LogP contribution in [0.15, 0.2) is 22.7 Å². The molecule has 20 heavy (non-hydrogen) atoms. The second-order valence-corrected chi connectivity index (χ2v) is 6.24. The Morgan fingerprint density at radius 2 is 2.10 bits per heavy atom. The molecule has 1 aliphatic heterocycles. The first-order valence-electron chi connectivity index (χ1n) is 6.99. The molecule has 1 fully saturated rings. The number of nitro groups is 1. The van der Waals surface area contributed by atoms with Gasteiger partial charge in [0.15, 0.2) is 0 Å². The summed E-state index contributed by atoms with van der Waals surface area (Å²) in [6.07, 6.45) is 3.83. The molecule has 5 nitrogen and oxygen atoms in total. The van der Waals surface area contributed by atoms with E-state index >= 15 is 0 Å². The number of nitro benzene ring substituents is 1. The lowest BCUT2D eigenvalue weighted by atomic mass is 10.1. The van der Waals surface area contributed by atoms with Gasteiger partial charge in [0.1, 0.15) is 5.69 Å². The Labute approximate surface area is 127 Å². The molecule has 1 unspecified atom stereocenters. The number of hydrogen-bond donors (Lipinski definition) is 1. The molecule has 0 radical (unpaired) electrons. The van der Waals surface area contributed by atoms with Crippen LogP contribution in [0.4, 0.5) is 11.4 Å². The van der Waals surface area contributed by atoms with Gasteiger partial charge in [-0.05, 0) is 45.0 Å². The van der Waals surface area contributed by atoms with Crippen LogP contribution in [0.3, 0.4) is 0 Å². The summed E-state index contributed by atoms with van der Waals surface area (Å²) < 4.78 is 0.721. The fourth-order valence-corrected chi connectivity index (χ4v) is 2.97. The minimum atomic E-state index is -0.347. The van der Waals surface area contributed by atoms with Gasteiger partial charge in [0.05, 0.1) is 4.92 Å². The third kappa shape index (κ3) is 4.18. The average molecular weight is 342 g/mol. The molecule has 1 aromatic carbocycles. The number of halogens is 1. The summed E-state index contributed by atoms with van der Waals surface area (Å²) in [5, 5.41) is 14.3. The van der Waals surface area contributed by atoms with Gasteiger partial charge in [-0.3, -0.25) is 10.1 Å². The molecule has 0 bridgehead atoms. The van der Waals surface area contributed by atoms with E-state index in [4.69, 9.17) is 0 Å². The van der Waals surface area contributed by atoms with Crippen molar-refractivity contribution in [2.24, 2.45) is 0 Å². The standard InChI is InChI=1S/C14H20BrN3O2/c1-11(10-17-7-3-2-4-8-17)16-13-6-5-12(15)9-14(13)18(19)20/h5-6,9,11,16H,2-4,7-8,10H2,1H3. The van der Waals surface area contributed by atoms with E-state index in [1.54, 1.807) is 6.07 Å². The van der Waals surface area contributed by atoms with Crippen LogP contribution in [0.25, 0.3) is 0 Å². The smallest absolute Gasteiger partial charge is 0.293 e. The molecular formula is C14H20BrN3O2. The summed E-state index contributed by atoms with van der Waals surface area (Å²) in [5.41, 5.74) is 0.701. The van der Waals surface area contributed by atoms with Crippen molar-refractivity contribution in [3.05, 3.63) is 32.8 Å². The van der Waals surface area contributed by atoms with E-state index in [1.807, 2.05) is 6.07 Å². The van der Waals surface area contributed by atoms with Crippen LogP contribution in [0.2, 0.25) is 0 Å². The highest BCUT2D eigenvalue weighted by atomic mass is 79.9. The van der Waals surface area contributed by atoms with E-state index in [9.17, 15) is 10.1 Å². The minimum absolute atomic E-state index is 0.116. The molecule has 1 heterocycles. The summed E-state index contributed by atoms with van der Waals surface area (Å²) in [4.78, 5) is 13.2. The van der Waals surface area contributed by atoms with E-state index in [-0.39, 0.29) is 16.7 Å². The molecule has 1 aliphatic rings. The van der Waals surface area contributed by atoms with Crippen LogP contribution in [-0.2, 0) is 0 Å². The van der Waals surface area contributed by atoms with Crippen LogP contribution >= 0.6 is 15.9 Å². The SMILES string of the molecule is CC(CN1CCCCC1)Nc1ccc(Br)cc1[N+](=O)[O-]. The number of nitrogens with zero attached hydrogens (tertiary/aromatic N) is 2. The highest BCUT2D eigenvalue weighted by Crippen LogP contribution is 2.28. The van der Waals surface area contributed by atoms with Crippen LogP contribution in [0, 0.1) is 10.1 Å². The van der Waals surface area contributed by atoms with Crippen LogP contribution in [0.5, 0.6) is 0 Å². The Balaban J connectivity index is 1.99. The van der Waals surface area contributed by atoms with Crippen molar-refractivity contribution in [2.75, 3.05) is 25.0 Å². The maximum absolute atomic E-state index is 11.1. The molecule has 1 saturated heterocycles. The molecule has 0 spiro atoms. The number of likely N-dealkylation sites (tertiary alicyclic amines) is 1. The van der Waals surface area contributed by atoms with Gasteiger partial charge < -0.3 is 10.2 Å². The zero-order valence-electron chi connectivity index (χ0n) is 11.6. The van der Waals surface area contributed by atoms with Crippen molar-refractivity contribution in [1.82, 2.24) is 4.90 Å². The number of anilines is 1. The summed E-state index contributed by atoms with van der Waals surface area (Å²) in [6, 6.07) is 5.31. The lowest BCUT2D eigenvalue weighted by Crippen LogP contribution is -2.38. The van der Waals surface area contributed by atoms with Crippen LogP contribution < -0.4 is 5.32 Å². The minimum Gasteiger partial charge on any atom is -0.376 e. The predicted octanol–water partition coefficient (Wildman–Crippen LogP) is 3.64. The molecule has 6 heteroatoms. The molecule has 1 atom stereocenters. The first-order valence-corrected chi connectivity index (χ1v) is 7.78. The maximum atomic E-state index is 11.1. The molecule has 2 rings (SSSR count). The van der Waals surface area contributed by atoms with Gasteiger partial charge in [0.25, 0.3) is 5.69 Å². The number of nitrogens with one attached hydrogen (secondary N) is 1. The van der Waals surface area contributed by atoms with Crippen LogP contribution in [0.1, 0.15) is 26.2 Å². The van der Waals surface area contributed by atoms with Crippen molar-refractivity contribution in [3.63, 3.8) is 0 Å². The fourth-order valence-electron chi connectivity index (χ4n) is 2.62. The molecule has 0 amide bonds. The summed E-state index contributed by atoms with van der Waals surface area (Å²) in [7, 11) is 0. The molecule has 1 N–H and O–H groups in total. The molecular weight excluding hydrogens is 322 g/mol. The lowest BCUT2D eigenvalue weighted by molar-refractivity contribution is -0.384. The quantitative estimate of drug-likeness (QED) is 0.656. The largest absolute Gasteiger partial charge is 0.376 e. The summed E-state index contributed by atoms with van der Waals surface area (Å²) >= 11 is 3.27. The van der Waals surface area contributed by atoms with Crippen molar-refractivity contribution in [3.8, 4) is 0 Å². The average Bonchev–Trinajstić information content (AvgIpc) is 2.41. The number of piperidine rings is 1. The molecule has 0 aliphatic carbocycles. The van der Waals surface area contributed by atoms with E-state index in [1.165, 1.54) is 25.3 Å². The Kier molecular flexibility index (Phi) is 5.37. The highest BCUT2D eigenvalue weighted by Gasteiger charge is 2.18. The van der Waals surface area contributed by atoms with Crippen molar-refractivity contribution >= 4 is 27.3 Å². The van der Waals surface area contributed by atoms with Gasteiger partial charge in [-0.25, -0.2) is 0 Å². The third-order valence-electron chi connectivity index (χ3n) is 3.54. The fraction of sp³-hybridized carbons (Fsp3) is 0.571. The highest BCUT2D eigenvalue weighted by molar-refractivity contribution is 9.10. The van der Waals surface area contributed by atoms with Gasteiger partial charge in [-0.15, -0.1) is 0 Å². The van der Waals surface area contributed by atoms with E-state index in [0.717, 1.165) is 24.1 Å². The third-order valence-corrected chi connectivity index (χ3v) is 4.03. The Bertz CT molecular complexity index is 475. The monoisotopic (exact) mass is 341 g/mol. The first kappa shape index (κ1) is 15.3. The number of benzene rings is 1. The Morgan fingerprint density at radius 1 is 1.40 bits per heavy atom. The predicted molar refractivity (Wildman–Crippen MR) is 84.2 cm³/mol. The van der Waals surface area contributed by atoms with Crippen LogP contribution in [-0.4, -0.2) is 35.5 Å². The van der Waals surface area contributed by atoms with E-state index in [2.05, 4.69) is 33.1 Å². The lowest BCUT2D eigenvalue weighted by Gasteiger charge is -2.29.